The van der Waals surface area contributed by atoms with Gasteiger partial charge in [-0.25, -0.2) is 0 Å². The van der Waals surface area contributed by atoms with Gasteiger partial charge in [-0.3, -0.25) is 4.79 Å². The van der Waals surface area contributed by atoms with E-state index >= 15 is 0 Å². The van der Waals surface area contributed by atoms with Gasteiger partial charge in [-0.1, -0.05) is 30.3 Å². The van der Waals surface area contributed by atoms with Gasteiger partial charge in [-0.15, -0.1) is 0 Å². The lowest BCUT2D eigenvalue weighted by molar-refractivity contribution is 0.0941. The number of phenols is 1. The first-order valence-corrected chi connectivity index (χ1v) is 6.35. The molecule has 2 aromatic rings. The monoisotopic (exact) mass is 268 g/mol. The zero-order valence-electron chi connectivity index (χ0n) is 11.5. The lowest BCUT2D eigenvalue weighted by Gasteiger charge is -2.16. The Morgan fingerprint density at radius 2 is 2.00 bits per heavy atom. The Morgan fingerprint density at radius 3 is 2.70 bits per heavy atom. The molecule has 2 rings (SSSR count). The summed E-state index contributed by atoms with van der Waals surface area (Å²) in [5.41, 5.74) is -0.417. The molecule has 4 heteroatoms. The highest BCUT2D eigenvalue weighted by Gasteiger charge is 2.20. The van der Waals surface area contributed by atoms with Crippen molar-refractivity contribution in [2.75, 3.05) is 6.54 Å². The second kappa shape index (κ2) is 5.22. The second-order valence-corrected chi connectivity index (χ2v) is 5.36. The van der Waals surface area contributed by atoms with Gasteiger partial charge in [0.2, 0.25) is 0 Å². The highest BCUT2D eigenvalue weighted by atomic mass is 16.3. The van der Waals surface area contributed by atoms with Crippen molar-refractivity contribution < 1.29 is 9.90 Å². The molecule has 0 saturated carbocycles. The van der Waals surface area contributed by atoms with Crippen molar-refractivity contribution in [3.05, 3.63) is 42.0 Å². The first kappa shape index (κ1) is 13.9. The van der Waals surface area contributed by atoms with E-state index in [4.69, 9.17) is 5.26 Å². The van der Waals surface area contributed by atoms with Crippen LogP contribution in [0.15, 0.2) is 36.4 Å². The van der Waals surface area contributed by atoms with Crippen LogP contribution in [-0.2, 0) is 0 Å². The average molecular weight is 268 g/mol. The van der Waals surface area contributed by atoms with E-state index in [0.29, 0.717) is 5.39 Å². The number of nitrogens with one attached hydrogen (secondary N) is 1. The van der Waals surface area contributed by atoms with Gasteiger partial charge in [-0.2, -0.15) is 5.26 Å². The van der Waals surface area contributed by atoms with Crippen LogP contribution >= 0.6 is 0 Å². The summed E-state index contributed by atoms with van der Waals surface area (Å²) >= 11 is 0. The van der Waals surface area contributed by atoms with E-state index in [1.165, 1.54) is 0 Å². The molecular formula is C16H16N2O2. The molecule has 2 aromatic carbocycles. The van der Waals surface area contributed by atoms with Gasteiger partial charge in [0.25, 0.3) is 5.91 Å². The molecule has 0 unspecified atom stereocenters. The molecule has 0 aliphatic carbocycles. The number of nitrogens with zero attached hydrogens (tertiary/aromatic N) is 1. The summed E-state index contributed by atoms with van der Waals surface area (Å²) in [6.07, 6.45) is 0. The molecule has 0 aliphatic heterocycles. The van der Waals surface area contributed by atoms with Gasteiger partial charge in [0.1, 0.15) is 5.75 Å². The first-order chi connectivity index (χ1) is 9.44. The van der Waals surface area contributed by atoms with E-state index in [9.17, 15) is 9.90 Å². The summed E-state index contributed by atoms with van der Waals surface area (Å²) in [5.74, 6) is -0.410. The van der Waals surface area contributed by atoms with Gasteiger partial charge in [0, 0.05) is 11.9 Å². The maximum Gasteiger partial charge on any atom is 0.255 e. The highest BCUT2D eigenvalue weighted by Crippen LogP contribution is 2.28. The number of nitriles is 1. The van der Waals surface area contributed by atoms with Crippen LogP contribution < -0.4 is 5.32 Å². The van der Waals surface area contributed by atoms with E-state index in [1.54, 1.807) is 32.0 Å². The fourth-order valence-electron chi connectivity index (χ4n) is 1.87. The number of aromatic hydroxyl groups is 1. The van der Waals surface area contributed by atoms with Crippen molar-refractivity contribution in [3.8, 4) is 11.8 Å². The molecule has 0 radical (unpaired) electrons. The molecule has 20 heavy (non-hydrogen) atoms. The summed E-state index contributed by atoms with van der Waals surface area (Å²) in [7, 11) is 0. The zero-order valence-corrected chi connectivity index (χ0v) is 11.5. The first-order valence-electron chi connectivity index (χ1n) is 6.35. The maximum absolute atomic E-state index is 12.1. The standard InChI is InChI=1S/C16H16N2O2/c1-16(2,9-17)10-18-15(20)13-8-7-11-5-3-4-6-12(11)14(13)19/h3-8,19H,10H2,1-2H3,(H,18,20). The Hall–Kier alpha value is -2.54. The van der Waals surface area contributed by atoms with Crippen LogP contribution in [0.5, 0.6) is 5.75 Å². The number of benzene rings is 2. The van der Waals surface area contributed by atoms with Crippen molar-refractivity contribution >= 4 is 16.7 Å². The minimum Gasteiger partial charge on any atom is -0.506 e. The number of carbonyl (C=O) groups is 1. The average Bonchev–Trinajstić information content (AvgIpc) is 2.45. The number of carbonyl (C=O) groups excluding carboxylic acids is 1. The smallest absolute Gasteiger partial charge is 0.255 e. The van der Waals surface area contributed by atoms with Gasteiger partial charge in [-0.05, 0) is 25.3 Å². The molecule has 0 bridgehead atoms. The summed E-state index contributed by atoms with van der Waals surface area (Å²) < 4.78 is 0. The van der Waals surface area contributed by atoms with Gasteiger partial charge in [0.15, 0.2) is 0 Å². The van der Waals surface area contributed by atoms with E-state index in [0.717, 1.165) is 5.39 Å². The van der Waals surface area contributed by atoms with Crippen molar-refractivity contribution in [1.29, 1.82) is 5.26 Å². The molecular weight excluding hydrogens is 252 g/mol. The van der Waals surface area contributed by atoms with Gasteiger partial charge < -0.3 is 10.4 Å². The third kappa shape index (κ3) is 2.72. The summed E-state index contributed by atoms with van der Waals surface area (Å²) in [5, 5.41) is 23.3. The fraction of sp³-hybridized carbons (Fsp3) is 0.250. The molecule has 0 aromatic heterocycles. The van der Waals surface area contributed by atoms with Crippen LogP contribution in [0, 0.1) is 16.7 Å². The molecule has 0 atom stereocenters. The highest BCUT2D eigenvalue weighted by molar-refractivity contribution is 6.03. The Labute approximate surface area is 117 Å². The molecule has 1 amide bonds. The van der Waals surface area contributed by atoms with E-state index in [2.05, 4.69) is 11.4 Å². The number of hydrogen-bond donors (Lipinski definition) is 2. The van der Waals surface area contributed by atoms with Gasteiger partial charge >= 0.3 is 0 Å². The maximum atomic E-state index is 12.1. The Bertz CT molecular complexity index is 699. The third-order valence-corrected chi connectivity index (χ3v) is 3.14. The normalized spacial score (nSPS) is 11.1. The predicted octanol–water partition coefficient (Wildman–Crippen LogP) is 2.82. The van der Waals surface area contributed by atoms with Crippen LogP contribution in [0.25, 0.3) is 10.8 Å². The Morgan fingerprint density at radius 1 is 1.30 bits per heavy atom. The lowest BCUT2D eigenvalue weighted by Crippen LogP contribution is -2.33. The minimum absolute atomic E-state index is 0.0321. The van der Waals surface area contributed by atoms with Crippen molar-refractivity contribution in [3.63, 3.8) is 0 Å². The summed E-state index contributed by atoms with van der Waals surface area (Å²) in [6.45, 7) is 3.72. The number of fused-ring (bicyclic) bond motifs is 1. The summed E-state index contributed by atoms with van der Waals surface area (Å²) in [4.78, 5) is 12.1. The Balaban J connectivity index is 2.27. The summed E-state index contributed by atoms with van der Waals surface area (Å²) in [6, 6.07) is 12.8. The van der Waals surface area contributed by atoms with E-state index in [-0.39, 0.29) is 23.8 Å². The zero-order chi connectivity index (χ0) is 14.8. The lowest BCUT2D eigenvalue weighted by atomic mass is 9.96. The molecule has 0 spiro atoms. The van der Waals surface area contributed by atoms with Crippen molar-refractivity contribution in [1.82, 2.24) is 5.32 Å². The van der Waals surface area contributed by atoms with Crippen LogP contribution in [0.2, 0.25) is 0 Å². The number of amides is 1. The van der Waals surface area contributed by atoms with Crippen molar-refractivity contribution in [2.45, 2.75) is 13.8 Å². The molecule has 2 N–H and O–H groups in total. The van der Waals surface area contributed by atoms with Crippen LogP contribution in [0.3, 0.4) is 0 Å². The predicted molar refractivity (Wildman–Crippen MR) is 77.3 cm³/mol. The van der Waals surface area contributed by atoms with E-state index < -0.39 is 5.41 Å². The number of hydrogen-bond acceptors (Lipinski definition) is 3. The molecule has 0 aliphatic rings. The molecule has 4 nitrogen and oxygen atoms in total. The minimum atomic E-state index is -0.637. The Kier molecular flexibility index (Phi) is 3.62. The molecule has 102 valence electrons. The largest absolute Gasteiger partial charge is 0.506 e. The second-order valence-electron chi connectivity index (χ2n) is 5.36. The number of phenolic OH excluding ortho intramolecular Hbond substituents is 1. The third-order valence-electron chi connectivity index (χ3n) is 3.14. The molecule has 0 heterocycles. The fourth-order valence-corrected chi connectivity index (χ4v) is 1.87. The topological polar surface area (TPSA) is 73.1 Å². The van der Waals surface area contributed by atoms with Crippen molar-refractivity contribution in [2.24, 2.45) is 5.41 Å². The molecule has 0 saturated heterocycles. The quantitative estimate of drug-likeness (QED) is 0.899. The van der Waals surface area contributed by atoms with Crippen LogP contribution in [0.1, 0.15) is 24.2 Å². The molecule has 0 fully saturated rings. The number of rotatable bonds is 3. The van der Waals surface area contributed by atoms with Gasteiger partial charge in [0.05, 0.1) is 17.0 Å². The van der Waals surface area contributed by atoms with E-state index in [1.807, 2.05) is 18.2 Å². The van der Waals surface area contributed by atoms with Crippen LogP contribution in [-0.4, -0.2) is 17.6 Å². The SMILES string of the molecule is CC(C)(C#N)CNC(=O)c1ccc2ccccc2c1O. The van der Waals surface area contributed by atoms with Crippen LogP contribution in [0.4, 0.5) is 0 Å².